The van der Waals surface area contributed by atoms with E-state index in [9.17, 15) is 13.2 Å². The predicted octanol–water partition coefficient (Wildman–Crippen LogP) is 9.53. The maximum atomic E-state index is 15.0. The third-order valence-electron chi connectivity index (χ3n) is 7.73. The molecule has 3 aromatic rings. The van der Waals surface area contributed by atoms with Crippen LogP contribution in [0.5, 0.6) is 5.75 Å². The summed E-state index contributed by atoms with van der Waals surface area (Å²) < 4.78 is 54.4. The van der Waals surface area contributed by atoms with Gasteiger partial charge in [0.25, 0.3) is 0 Å². The van der Waals surface area contributed by atoms with E-state index in [4.69, 9.17) is 9.47 Å². The van der Waals surface area contributed by atoms with Crippen LogP contribution in [0.25, 0.3) is 22.3 Å². The number of hydrogen-bond acceptors (Lipinski definition) is 2. The Kier molecular flexibility index (Phi) is 10.3. The summed E-state index contributed by atoms with van der Waals surface area (Å²) in [5.74, 6) is -1.74. The first kappa shape index (κ1) is 28.2. The molecule has 1 fully saturated rings. The van der Waals surface area contributed by atoms with Crippen LogP contribution in [0.4, 0.5) is 13.2 Å². The van der Waals surface area contributed by atoms with E-state index < -0.39 is 11.6 Å². The number of aryl methyl sites for hydroxylation is 1. The van der Waals surface area contributed by atoms with Crippen molar-refractivity contribution in [2.24, 2.45) is 5.92 Å². The highest BCUT2D eigenvalue weighted by Gasteiger charge is 2.21. The lowest BCUT2D eigenvalue weighted by Gasteiger charge is -2.29. The fourth-order valence-corrected chi connectivity index (χ4v) is 5.39. The zero-order valence-corrected chi connectivity index (χ0v) is 22.6. The summed E-state index contributed by atoms with van der Waals surface area (Å²) in [4.78, 5) is 0. The summed E-state index contributed by atoms with van der Waals surface area (Å²) in [6.45, 7) is 3.12. The second-order valence-corrected chi connectivity index (χ2v) is 10.5. The monoisotopic (exact) mass is 524 g/mol. The largest absolute Gasteiger partial charge is 0.494 e. The third kappa shape index (κ3) is 7.19. The molecule has 38 heavy (non-hydrogen) atoms. The Morgan fingerprint density at radius 2 is 1.50 bits per heavy atom. The van der Waals surface area contributed by atoms with E-state index in [2.05, 4.69) is 6.92 Å². The van der Waals surface area contributed by atoms with Gasteiger partial charge in [-0.3, -0.25) is 0 Å². The fraction of sp³-hybridized carbons (Fsp3) is 0.455. The van der Waals surface area contributed by atoms with E-state index in [1.54, 1.807) is 36.4 Å². The van der Waals surface area contributed by atoms with Gasteiger partial charge in [0.2, 0.25) is 5.82 Å². The van der Waals surface area contributed by atoms with E-state index in [1.807, 2.05) is 6.07 Å². The molecule has 4 rings (SSSR count). The molecular weight excluding hydrogens is 485 g/mol. The van der Waals surface area contributed by atoms with Crippen LogP contribution in [0.3, 0.4) is 0 Å². The molecule has 1 aliphatic rings. The zero-order chi connectivity index (χ0) is 26.9. The van der Waals surface area contributed by atoms with Crippen LogP contribution in [0.1, 0.15) is 70.3 Å². The standard InChI is InChI=1S/C33H39F3O2/c1-3-4-5-10-27-17-11-24(22-38-27)9-7-6-8-23-12-18-28(30(34)21-23)25-13-15-26(16-14-25)29-19-20-31(37-2)33(36)32(29)35/h12-16,18-21,24,27H,3-11,17,22H2,1-2H3. The minimum absolute atomic E-state index is 0.136. The lowest BCUT2D eigenvalue weighted by Crippen LogP contribution is -2.25. The van der Waals surface area contributed by atoms with Crippen molar-refractivity contribution in [1.82, 2.24) is 0 Å². The van der Waals surface area contributed by atoms with Crippen molar-refractivity contribution in [3.05, 3.63) is 77.6 Å². The van der Waals surface area contributed by atoms with Crippen molar-refractivity contribution in [3.8, 4) is 28.0 Å². The van der Waals surface area contributed by atoms with Crippen LogP contribution in [0.2, 0.25) is 0 Å². The summed E-state index contributed by atoms with van der Waals surface area (Å²) >= 11 is 0. The SMILES string of the molecule is CCCCCC1CCC(CCCCc2ccc(-c3ccc(-c4ccc(OC)c(F)c4F)cc3)c(F)c2)CO1. The molecule has 0 aromatic heterocycles. The lowest BCUT2D eigenvalue weighted by atomic mass is 9.91. The van der Waals surface area contributed by atoms with Crippen LogP contribution in [0.15, 0.2) is 54.6 Å². The summed E-state index contributed by atoms with van der Waals surface area (Å²) in [6.07, 6.45) is 12.1. The average molecular weight is 525 g/mol. The van der Waals surface area contributed by atoms with Gasteiger partial charge in [-0.2, -0.15) is 4.39 Å². The molecule has 3 aromatic carbocycles. The fourth-order valence-electron chi connectivity index (χ4n) is 5.39. The number of ether oxygens (including phenoxy) is 2. The first-order valence-corrected chi connectivity index (χ1v) is 14.0. The van der Waals surface area contributed by atoms with E-state index in [-0.39, 0.29) is 17.1 Å². The zero-order valence-electron chi connectivity index (χ0n) is 22.6. The molecular formula is C33H39F3O2. The molecule has 0 bridgehead atoms. The molecule has 2 nitrogen and oxygen atoms in total. The first-order valence-electron chi connectivity index (χ1n) is 14.0. The summed E-state index contributed by atoms with van der Waals surface area (Å²) in [6, 6.07) is 15.1. The van der Waals surface area contributed by atoms with Gasteiger partial charge in [-0.05, 0) is 79.3 Å². The van der Waals surface area contributed by atoms with Gasteiger partial charge in [0.05, 0.1) is 13.2 Å². The van der Waals surface area contributed by atoms with Crippen molar-refractivity contribution >= 4 is 0 Å². The summed E-state index contributed by atoms with van der Waals surface area (Å²) in [7, 11) is 1.29. The number of hydrogen-bond donors (Lipinski definition) is 0. The van der Waals surface area contributed by atoms with Gasteiger partial charge in [-0.25, -0.2) is 8.78 Å². The maximum absolute atomic E-state index is 15.0. The Hall–Kier alpha value is -2.79. The molecule has 1 heterocycles. The highest BCUT2D eigenvalue weighted by molar-refractivity contribution is 5.71. The predicted molar refractivity (Wildman–Crippen MR) is 148 cm³/mol. The highest BCUT2D eigenvalue weighted by Crippen LogP contribution is 2.32. The summed E-state index contributed by atoms with van der Waals surface area (Å²) in [5, 5.41) is 0. The number of benzene rings is 3. The minimum atomic E-state index is -1.02. The van der Waals surface area contributed by atoms with E-state index in [0.29, 0.717) is 28.7 Å². The van der Waals surface area contributed by atoms with Gasteiger partial charge in [0.15, 0.2) is 11.6 Å². The van der Waals surface area contributed by atoms with Crippen LogP contribution < -0.4 is 4.74 Å². The molecule has 2 atom stereocenters. The van der Waals surface area contributed by atoms with Gasteiger partial charge in [-0.1, -0.05) is 69.0 Å². The Balaban J connectivity index is 1.26. The van der Waals surface area contributed by atoms with Gasteiger partial charge in [-0.15, -0.1) is 0 Å². The molecule has 0 spiro atoms. The number of rotatable bonds is 12. The number of unbranched alkanes of at least 4 members (excludes halogenated alkanes) is 3. The number of halogens is 3. The summed E-state index contributed by atoms with van der Waals surface area (Å²) in [5.41, 5.74) is 2.83. The Morgan fingerprint density at radius 1 is 0.789 bits per heavy atom. The van der Waals surface area contributed by atoms with Gasteiger partial charge >= 0.3 is 0 Å². The van der Waals surface area contributed by atoms with Crippen LogP contribution >= 0.6 is 0 Å². The molecule has 2 unspecified atom stereocenters. The van der Waals surface area contributed by atoms with Crippen LogP contribution in [-0.4, -0.2) is 19.8 Å². The van der Waals surface area contributed by atoms with E-state index >= 15 is 0 Å². The van der Waals surface area contributed by atoms with Crippen LogP contribution in [-0.2, 0) is 11.2 Å². The molecule has 0 N–H and O–H groups in total. The van der Waals surface area contributed by atoms with Crippen molar-refractivity contribution in [3.63, 3.8) is 0 Å². The van der Waals surface area contributed by atoms with Gasteiger partial charge < -0.3 is 9.47 Å². The first-order chi connectivity index (χ1) is 18.5. The second-order valence-electron chi connectivity index (χ2n) is 10.5. The minimum Gasteiger partial charge on any atom is -0.494 e. The molecule has 204 valence electrons. The average Bonchev–Trinajstić information content (AvgIpc) is 2.94. The smallest absolute Gasteiger partial charge is 0.201 e. The van der Waals surface area contributed by atoms with E-state index in [1.165, 1.54) is 64.2 Å². The quantitative estimate of drug-likeness (QED) is 0.220. The normalized spacial score (nSPS) is 17.5. The van der Waals surface area contributed by atoms with Crippen molar-refractivity contribution in [2.45, 2.75) is 77.2 Å². The molecule has 1 saturated heterocycles. The molecule has 1 aliphatic heterocycles. The molecule has 5 heteroatoms. The topological polar surface area (TPSA) is 18.5 Å². The van der Waals surface area contributed by atoms with Crippen LogP contribution in [0, 0.1) is 23.4 Å². The van der Waals surface area contributed by atoms with E-state index in [0.717, 1.165) is 31.4 Å². The third-order valence-corrected chi connectivity index (χ3v) is 7.73. The number of methoxy groups -OCH3 is 1. The molecule has 0 radical (unpaired) electrons. The van der Waals surface area contributed by atoms with Gasteiger partial charge in [0, 0.05) is 17.7 Å². The molecule has 0 saturated carbocycles. The molecule has 0 amide bonds. The highest BCUT2D eigenvalue weighted by atomic mass is 19.2. The van der Waals surface area contributed by atoms with Crippen molar-refractivity contribution < 1.29 is 22.6 Å². The Bertz CT molecular complexity index is 1170. The molecule has 0 aliphatic carbocycles. The Labute approximate surface area is 225 Å². The lowest BCUT2D eigenvalue weighted by molar-refractivity contribution is -0.0232. The van der Waals surface area contributed by atoms with Crippen molar-refractivity contribution in [1.29, 1.82) is 0 Å². The van der Waals surface area contributed by atoms with Crippen molar-refractivity contribution in [2.75, 3.05) is 13.7 Å². The Morgan fingerprint density at radius 3 is 2.16 bits per heavy atom. The second kappa shape index (κ2) is 13.8. The van der Waals surface area contributed by atoms with Gasteiger partial charge in [0.1, 0.15) is 5.82 Å². The maximum Gasteiger partial charge on any atom is 0.201 e.